The fourth-order valence-electron chi connectivity index (χ4n) is 2.91. The van der Waals surface area contributed by atoms with Crippen molar-refractivity contribution in [1.29, 1.82) is 0 Å². The van der Waals surface area contributed by atoms with E-state index >= 15 is 0 Å². The van der Waals surface area contributed by atoms with Crippen molar-refractivity contribution in [2.45, 2.75) is 33.1 Å². The van der Waals surface area contributed by atoms with Gasteiger partial charge in [-0.1, -0.05) is 43.7 Å². The van der Waals surface area contributed by atoms with Crippen molar-refractivity contribution in [3.05, 3.63) is 64.8 Å². The molecule has 0 radical (unpaired) electrons. The maximum Gasteiger partial charge on any atom is 0.278 e. The van der Waals surface area contributed by atoms with Gasteiger partial charge < -0.3 is 9.73 Å². The highest BCUT2D eigenvalue weighted by atomic mass is 35.5. The molecule has 0 fully saturated rings. The first-order chi connectivity index (χ1) is 13.7. The second-order valence-electron chi connectivity index (χ2n) is 7.82. The number of oxazole rings is 1. The molecule has 29 heavy (non-hydrogen) atoms. The monoisotopic (exact) mass is 409 g/mol. The highest BCUT2D eigenvalue weighted by molar-refractivity contribution is 6.30. The van der Waals surface area contributed by atoms with Crippen molar-refractivity contribution in [3.63, 3.8) is 0 Å². The van der Waals surface area contributed by atoms with E-state index in [0.717, 1.165) is 5.69 Å². The van der Waals surface area contributed by atoms with E-state index < -0.39 is 0 Å². The van der Waals surface area contributed by atoms with Gasteiger partial charge in [0, 0.05) is 16.1 Å². The lowest BCUT2D eigenvalue weighted by molar-refractivity contribution is 0.102. The maximum absolute atomic E-state index is 12.8. The second kappa shape index (κ2) is 7.00. The van der Waals surface area contributed by atoms with Crippen molar-refractivity contribution < 1.29 is 9.21 Å². The Hall–Kier alpha value is -3.19. The molecule has 4 rings (SSSR count). The Morgan fingerprint density at radius 2 is 1.97 bits per heavy atom. The minimum atomic E-state index is -0.352. The van der Waals surface area contributed by atoms with Gasteiger partial charge in [-0.2, -0.15) is 0 Å². The van der Waals surface area contributed by atoms with E-state index in [1.165, 1.54) is 0 Å². The van der Waals surface area contributed by atoms with Crippen LogP contribution in [0, 0.1) is 6.92 Å². The van der Waals surface area contributed by atoms with Gasteiger partial charge in [-0.3, -0.25) is 4.79 Å². The van der Waals surface area contributed by atoms with E-state index in [4.69, 9.17) is 16.0 Å². The third-order valence-electron chi connectivity index (χ3n) is 4.45. The number of rotatable bonds is 3. The van der Waals surface area contributed by atoms with Crippen molar-refractivity contribution in [1.82, 2.24) is 20.0 Å². The van der Waals surface area contributed by atoms with Crippen LogP contribution in [0.5, 0.6) is 0 Å². The first-order valence-corrected chi connectivity index (χ1v) is 9.51. The SMILES string of the molecule is Cc1c(C(=O)Nc2ccc3oc(C(C)(C)C)nc3c2)nnn1-c1cccc(Cl)c1. The van der Waals surface area contributed by atoms with Gasteiger partial charge in [-0.25, -0.2) is 9.67 Å². The van der Waals surface area contributed by atoms with Gasteiger partial charge in [0.1, 0.15) is 5.52 Å². The normalized spacial score (nSPS) is 11.8. The molecular weight excluding hydrogens is 390 g/mol. The van der Waals surface area contributed by atoms with E-state index in [1.54, 1.807) is 41.9 Å². The van der Waals surface area contributed by atoms with E-state index in [9.17, 15) is 4.79 Å². The maximum atomic E-state index is 12.8. The summed E-state index contributed by atoms with van der Waals surface area (Å²) >= 11 is 6.05. The van der Waals surface area contributed by atoms with Crippen LogP contribution in [0.4, 0.5) is 5.69 Å². The summed E-state index contributed by atoms with van der Waals surface area (Å²) in [6, 6.07) is 12.5. The molecule has 0 unspecified atom stereocenters. The van der Waals surface area contributed by atoms with E-state index in [-0.39, 0.29) is 17.0 Å². The predicted octanol–water partition coefficient (Wildman–Crippen LogP) is 4.92. The average molecular weight is 410 g/mol. The summed E-state index contributed by atoms with van der Waals surface area (Å²) in [4.78, 5) is 17.3. The van der Waals surface area contributed by atoms with Gasteiger partial charge in [0.25, 0.3) is 5.91 Å². The second-order valence-corrected chi connectivity index (χ2v) is 8.26. The molecule has 0 saturated heterocycles. The molecule has 7 nitrogen and oxygen atoms in total. The van der Waals surface area contributed by atoms with Crippen LogP contribution < -0.4 is 5.32 Å². The Morgan fingerprint density at radius 1 is 1.17 bits per heavy atom. The van der Waals surface area contributed by atoms with E-state index in [2.05, 4.69) is 20.6 Å². The summed E-state index contributed by atoms with van der Waals surface area (Å²) in [5, 5.41) is 11.6. The molecule has 2 heterocycles. The van der Waals surface area contributed by atoms with Gasteiger partial charge in [-0.05, 0) is 43.3 Å². The van der Waals surface area contributed by atoms with Crippen LogP contribution in [-0.4, -0.2) is 25.9 Å². The van der Waals surface area contributed by atoms with Crippen LogP contribution in [0.15, 0.2) is 46.9 Å². The lowest BCUT2D eigenvalue weighted by atomic mass is 9.97. The molecule has 1 amide bonds. The summed E-state index contributed by atoms with van der Waals surface area (Å²) in [6.07, 6.45) is 0. The smallest absolute Gasteiger partial charge is 0.278 e. The summed E-state index contributed by atoms with van der Waals surface area (Å²) < 4.78 is 7.38. The van der Waals surface area contributed by atoms with Crippen LogP contribution in [0.25, 0.3) is 16.8 Å². The number of hydrogen-bond donors (Lipinski definition) is 1. The molecule has 148 valence electrons. The molecule has 0 spiro atoms. The minimum Gasteiger partial charge on any atom is -0.440 e. The minimum absolute atomic E-state index is 0.196. The molecule has 0 aliphatic heterocycles. The van der Waals surface area contributed by atoms with Gasteiger partial charge in [0.2, 0.25) is 5.89 Å². The number of nitrogens with one attached hydrogen (secondary N) is 1. The Morgan fingerprint density at radius 3 is 2.69 bits per heavy atom. The number of halogens is 1. The fraction of sp³-hybridized carbons (Fsp3) is 0.238. The van der Waals surface area contributed by atoms with Gasteiger partial charge in [-0.15, -0.1) is 5.10 Å². The van der Waals surface area contributed by atoms with Crippen LogP contribution in [-0.2, 0) is 5.41 Å². The van der Waals surface area contributed by atoms with Crippen LogP contribution in [0.2, 0.25) is 5.02 Å². The van der Waals surface area contributed by atoms with Crippen molar-refractivity contribution in [2.75, 3.05) is 5.32 Å². The number of anilines is 1. The predicted molar refractivity (Wildman–Crippen MR) is 112 cm³/mol. The highest BCUT2D eigenvalue weighted by Gasteiger charge is 2.22. The molecule has 4 aromatic rings. The zero-order chi connectivity index (χ0) is 20.8. The van der Waals surface area contributed by atoms with Gasteiger partial charge in [0.15, 0.2) is 11.3 Å². The number of fused-ring (bicyclic) bond motifs is 1. The zero-order valence-electron chi connectivity index (χ0n) is 16.5. The van der Waals surface area contributed by atoms with Gasteiger partial charge >= 0.3 is 0 Å². The summed E-state index contributed by atoms with van der Waals surface area (Å²) in [5.74, 6) is 0.297. The third kappa shape index (κ3) is 3.73. The average Bonchev–Trinajstić information content (AvgIpc) is 3.24. The number of amides is 1. The Kier molecular flexibility index (Phi) is 4.62. The molecule has 0 atom stereocenters. The van der Waals surface area contributed by atoms with Gasteiger partial charge in [0.05, 0.1) is 11.4 Å². The Bertz CT molecular complexity index is 1220. The van der Waals surface area contributed by atoms with Crippen LogP contribution in [0.3, 0.4) is 0 Å². The zero-order valence-corrected chi connectivity index (χ0v) is 17.3. The first kappa shape index (κ1) is 19.1. The lowest BCUT2D eigenvalue weighted by Gasteiger charge is -2.11. The topological polar surface area (TPSA) is 85.8 Å². The summed E-state index contributed by atoms with van der Waals surface area (Å²) in [5.41, 5.74) is 3.36. The number of carbonyl (C=O) groups excluding carboxylic acids is 1. The standard InChI is InChI=1S/C21H20ClN5O2/c1-12-18(25-26-27(12)15-7-5-6-13(22)10-15)19(28)23-14-8-9-17-16(11-14)24-20(29-17)21(2,3)4/h5-11H,1-4H3,(H,23,28). The Labute approximate surface area is 172 Å². The first-order valence-electron chi connectivity index (χ1n) is 9.13. The number of hydrogen-bond acceptors (Lipinski definition) is 5. The molecule has 0 bridgehead atoms. The van der Waals surface area contributed by atoms with E-state index in [1.807, 2.05) is 32.9 Å². The summed E-state index contributed by atoms with van der Waals surface area (Å²) in [6.45, 7) is 7.89. The molecule has 1 N–H and O–H groups in total. The molecule has 0 aliphatic rings. The number of carbonyl (C=O) groups is 1. The highest BCUT2D eigenvalue weighted by Crippen LogP contribution is 2.27. The van der Waals surface area contributed by atoms with E-state index in [0.29, 0.717) is 33.4 Å². The van der Waals surface area contributed by atoms with Crippen LogP contribution in [0.1, 0.15) is 42.8 Å². The fourth-order valence-corrected chi connectivity index (χ4v) is 3.09. The Balaban J connectivity index is 1.60. The molecule has 8 heteroatoms. The van der Waals surface area contributed by atoms with Crippen molar-refractivity contribution in [2.24, 2.45) is 0 Å². The molecule has 2 aromatic heterocycles. The quantitative estimate of drug-likeness (QED) is 0.519. The largest absolute Gasteiger partial charge is 0.440 e. The lowest BCUT2D eigenvalue weighted by Crippen LogP contribution is -2.14. The van der Waals surface area contributed by atoms with Crippen LogP contribution >= 0.6 is 11.6 Å². The molecular formula is C21H20ClN5O2. The van der Waals surface area contributed by atoms with Crippen molar-refractivity contribution >= 4 is 34.3 Å². The van der Waals surface area contributed by atoms with Crippen molar-refractivity contribution in [3.8, 4) is 5.69 Å². The molecule has 0 saturated carbocycles. The molecule has 2 aromatic carbocycles. The third-order valence-corrected chi connectivity index (χ3v) is 4.68. The number of benzene rings is 2. The summed E-state index contributed by atoms with van der Waals surface area (Å²) in [7, 11) is 0. The number of aromatic nitrogens is 4. The number of nitrogens with zero attached hydrogens (tertiary/aromatic N) is 4. The molecule has 0 aliphatic carbocycles.